The van der Waals surface area contributed by atoms with Gasteiger partial charge >= 0.3 is 0 Å². The van der Waals surface area contributed by atoms with E-state index in [-0.39, 0.29) is 25.4 Å². The molecule has 22 heavy (non-hydrogen) atoms. The van der Waals surface area contributed by atoms with Gasteiger partial charge in [-0.3, -0.25) is 4.79 Å². The highest BCUT2D eigenvalue weighted by Gasteiger charge is 2.24. The van der Waals surface area contributed by atoms with Gasteiger partial charge in [0, 0.05) is 25.6 Å². The molecule has 1 aromatic carbocycles. The molecule has 0 spiro atoms. The number of nitrogens with one attached hydrogen (secondary N) is 1. The molecule has 0 unspecified atom stereocenters. The number of carbonyl (C=O) groups is 1. The molecule has 0 bridgehead atoms. The van der Waals surface area contributed by atoms with Gasteiger partial charge in [-0.15, -0.1) is 0 Å². The van der Waals surface area contributed by atoms with Crippen LogP contribution in [0.15, 0.2) is 24.3 Å². The summed E-state index contributed by atoms with van der Waals surface area (Å²) in [6.07, 6.45) is 3.38. The molecular formula is C15H22N2O4S. The maximum atomic E-state index is 11.9. The number of carbonyl (C=O) groups excluding carboxylic acids is 1. The van der Waals surface area contributed by atoms with E-state index < -0.39 is 10.0 Å². The second-order valence-electron chi connectivity index (χ2n) is 5.54. The molecule has 1 aromatic rings. The molecule has 1 saturated carbocycles. The number of ether oxygens (including phenoxy) is 1. The van der Waals surface area contributed by atoms with E-state index in [1.54, 1.807) is 19.2 Å². The fourth-order valence-corrected chi connectivity index (χ4v) is 2.86. The van der Waals surface area contributed by atoms with Crippen LogP contribution >= 0.6 is 0 Å². The molecule has 1 fully saturated rings. The van der Waals surface area contributed by atoms with Gasteiger partial charge in [-0.2, -0.15) is 4.31 Å². The van der Waals surface area contributed by atoms with Crippen LogP contribution in [0.3, 0.4) is 0 Å². The molecule has 2 rings (SSSR count). The standard InChI is InChI=1S/C15H22N2O4S/c1-21-14-7-3-12(4-8-14)11-17(22(2,19)20)10-9-15(18)16-13-5-6-13/h3-4,7-8,13H,5-6,9-11H2,1-2H3,(H,16,18). The average molecular weight is 326 g/mol. The molecule has 0 atom stereocenters. The van der Waals surface area contributed by atoms with Crippen molar-refractivity contribution in [2.24, 2.45) is 0 Å². The Balaban J connectivity index is 1.94. The number of methoxy groups -OCH3 is 1. The topological polar surface area (TPSA) is 75.7 Å². The van der Waals surface area contributed by atoms with Crippen molar-refractivity contribution in [3.05, 3.63) is 29.8 Å². The smallest absolute Gasteiger partial charge is 0.221 e. The minimum absolute atomic E-state index is 0.0918. The second-order valence-corrected chi connectivity index (χ2v) is 7.52. The third kappa shape index (κ3) is 5.31. The molecule has 6 nitrogen and oxygen atoms in total. The molecule has 0 saturated heterocycles. The Hall–Kier alpha value is -1.60. The van der Waals surface area contributed by atoms with Crippen molar-refractivity contribution in [1.29, 1.82) is 0 Å². The van der Waals surface area contributed by atoms with Gasteiger partial charge in [0.1, 0.15) is 5.75 Å². The summed E-state index contributed by atoms with van der Waals surface area (Å²) in [4.78, 5) is 11.7. The van der Waals surface area contributed by atoms with Gasteiger partial charge in [0.15, 0.2) is 0 Å². The molecular weight excluding hydrogens is 304 g/mol. The summed E-state index contributed by atoms with van der Waals surface area (Å²) >= 11 is 0. The molecule has 7 heteroatoms. The van der Waals surface area contributed by atoms with Crippen LogP contribution in [0.1, 0.15) is 24.8 Å². The van der Waals surface area contributed by atoms with E-state index in [0.29, 0.717) is 6.04 Å². The Morgan fingerprint density at radius 3 is 2.45 bits per heavy atom. The van der Waals surface area contributed by atoms with Crippen LogP contribution in [0, 0.1) is 0 Å². The predicted molar refractivity (Wildman–Crippen MR) is 84.0 cm³/mol. The second kappa shape index (κ2) is 7.11. The number of sulfonamides is 1. The van der Waals surface area contributed by atoms with Crippen molar-refractivity contribution in [2.75, 3.05) is 19.9 Å². The highest BCUT2D eigenvalue weighted by Crippen LogP contribution is 2.19. The molecule has 1 aliphatic rings. The van der Waals surface area contributed by atoms with Crippen LogP contribution in [0.5, 0.6) is 5.75 Å². The van der Waals surface area contributed by atoms with Crippen molar-refractivity contribution in [3.63, 3.8) is 0 Å². The molecule has 1 aliphatic carbocycles. The van der Waals surface area contributed by atoms with Crippen LogP contribution in [-0.2, 0) is 21.4 Å². The van der Waals surface area contributed by atoms with Crippen LogP contribution in [0.4, 0.5) is 0 Å². The first kappa shape index (κ1) is 16.8. The SMILES string of the molecule is COc1ccc(CN(CCC(=O)NC2CC2)S(C)(=O)=O)cc1. The quantitative estimate of drug-likeness (QED) is 0.777. The van der Waals surface area contributed by atoms with E-state index in [2.05, 4.69) is 5.32 Å². The van der Waals surface area contributed by atoms with Gasteiger partial charge in [-0.25, -0.2) is 8.42 Å². The highest BCUT2D eigenvalue weighted by atomic mass is 32.2. The van der Waals surface area contributed by atoms with E-state index >= 15 is 0 Å². The van der Waals surface area contributed by atoms with Gasteiger partial charge in [-0.1, -0.05) is 12.1 Å². The lowest BCUT2D eigenvalue weighted by Crippen LogP contribution is -2.34. The van der Waals surface area contributed by atoms with Crippen LogP contribution in [0.2, 0.25) is 0 Å². The van der Waals surface area contributed by atoms with Crippen LogP contribution < -0.4 is 10.1 Å². The zero-order valence-corrected chi connectivity index (χ0v) is 13.7. The fraction of sp³-hybridized carbons (Fsp3) is 0.533. The van der Waals surface area contributed by atoms with Crippen molar-refractivity contribution in [3.8, 4) is 5.75 Å². The summed E-state index contributed by atoms with van der Waals surface area (Å²) in [6, 6.07) is 7.51. The van der Waals surface area contributed by atoms with E-state index in [9.17, 15) is 13.2 Å². The van der Waals surface area contributed by atoms with Gasteiger partial charge in [-0.05, 0) is 30.5 Å². The Labute approximate surface area is 131 Å². The maximum absolute atomic E-state index is 11.9. The fourth-order valence-electron chi connectivity index (χ4n) is 2.05. The number of rotatable bonds is 8. The molecule has 0 radical (unpaired) electrons. The number of nitrogens with zero attached hydrogens (tertiary/aromatic N) is 1. The van der Waals surface area contributed by atoms with E-state index in [1.807, 2.05) is 12.1 Å². The molecule has 1 amide bonds. The summed E-state index contributed by atoms with van der Waals surface area (Å²) in [6.45, 7) is 0.433. The number of benzene rings is 1. The zero-order chi connectivity index (χ0) is 16.2. The Morgan fingerprint density at radius 2 is 1.95 bits per heavy atom. The highest BCUT2D eigenvalue weighted by molar-refractivity contribution is 7.88. The summed E-state index contributed by atoms with van der Waals surface area (Å²) < 4.78 is 30.2. The minimum atomic E-state index is -3.37. The summed E-state index contributed by atoms with van der Waals surface area (Å²) in [5, 5.41) is 2.86. The summed E-state index contributed by atoms with van der Waals surface area (Å²) in [5.41, 5.74) is 0.855. The van der Waals surface area contributed by atoms with E-state index in [1.165, 1.54) is 4.31 Å². The molecule has 1 N–H and O–H groups in total. The number of amides is 1. The normalized spacial score (nSPS) is 14.9. The largest absolute Gasteiger partial charge is 0.497 e. The van der Waals surface area contributed by atoms with Crippen molar-refractivity contribution in [1.82, 2.24) is 9.62 Å². The third-order valence-electron chi connectivity index (χ3n) is 3.52. The summed E-state index contributed by atoms with van der Waals surface area (Å²) in [5.74, 6) is 0.629. The Bertz CT molecular complexity index is 609. The Morgan fingerprint density at radius 1 is 1.32 bits per heavy atom. The molecule has 0 aromatic heterocycles. The van der Waals surface area contributed by atoms with Crippen molar-refractivity contribution in [2.45, 2.75) is 31.8 Å². The van der Waals surface area contributed by atoms with E-state index in [4.69, 9.17) is 4.74 Å². The maximum Gasteiger partial charge on any atom is 0.221 e. The lowest BCUT2D eigenvalue weighted by Gasteiger charge is -2.20. The monoisotopic (exact) mass is 326 g/mol. The van der Waals surface area contributed by atoms with Crippen LogP contribution in [0.25, 0.3) is 0 Å². The van der Waals surface area contributed by atoms with Gasteiger partial charge in [0.25, 0.3) is 0 Å². The lowest BCUT2D eigenvalue weighted by molar-refractivity contribution is -0.121. The summed E-state index contributed by atoms with van der Waals surface area (Å²) in [7, 11) is -1.79. The first-order valence-electron chi connectivity index (χ1n) is 7.26. The van der Waals surface area contributed by atoms with E-state index in [0.717, 1.165) is 30.4 Å². The number of hydrogen-bond acceptors (Lipinski definition) is 4. The first-order chi connectivity index (χ1) is 10.4. The predicted octanol–water partition coefficient (Wildman–Crippen LogP) is 1.13. The van der Waals surface area contributed by atoms with Gasteiger partial charge in [0.2, 0.25) is 15.9 Å². The lowest BCUT2D eigenvalue weighted by atomic mass is 10.2. The third-order valence-corrected chi connectivity index (χ3v) is 4.77. The van der Waals surface area contributed by atoms with Crippen molar-refractivity contribution >= 4 is 15.9 Å². The van der Waals surface area contributed by atoms with Gasteiger partial charge in [0.05, 0.1) is 13.4 Å². The average Bonchev–Trinajstić information content (AvgIpc) is 3.26. The number of hydrogen-bond donors (Lipinski definition) is 1. The van der Waals surface area contributed by atoms with Gasteiger partial charge < -0.3 is 10.1 Å². The van der Waals surface area contributed by atoms with Crippen LogP contribution in [-0.4, -0.2) is 44.6 Å². The zero-order valence-electron chi connectivity index (χ0n) is 12.9. The minimum Gasteiger partial charge on any atom is -0.497 e. The molecule has 122 valence electrons. The molecule has 0 aliphatic heterocycles. The first-order valence-corrected chi connectivity index (χ1v) is 9.11. The molecule has 0 heterocycles. The Kier molecular flexibility index (Phi) is 5.42. The van der Waals surface area contributed by atoms with Crippen molar-refractivity contribution < 1.29 is 17.9 Å².